The highest BCUT2D eigenvalue weighted by molar-refractivity contribution is 5.74. The lowest BCUT2D eigenvalue weighted by atomic mass is 9.83. The molecule has 0 unspecified atom stereocenters. The van der Waals surface area contributed by atoms with Crippen LogP contribution >= 0.6 is 0 Å². The zero-order valence-electron chi connectivity index (χ0n) is 12.0. The van der Waals surface area contributed by atoms with Crippen molar-refractivity contribution in [3.05, 3.63) is 35.4 Å². The van der Waals surface area contributed by atoms with E-state index in [9.17, 15) is 4.79 Å². The number of hydrogen-bond acceptors (Lipinski definition) is 1. The predicted molar refractivity (Wildman–Crippen MR) is 76.9 cm³/mol. The fourth-order valence-corrected chi connectivity index (χ4v) is 4.24. The van der Waals surface area contributed by atoms with E-state index in [0.717, 1.165) is 13.0 Å². The minimum absolute atomic E-state index is 0.129. The van der Waals surface area contributed by atoms with Crippen LogP contribution in [0.1, 0.15) is 63.0 Å². The van der Waals surface area contributed by atoms with Gasteiger partial charge in [0.05, 0.1) is 0 Å². The molecule has 1 amide bonds. The van der Waals surface area contributed by atoms with Crippen molar-refractivity contribution in [1.29, 1.82) is 0 Å². The summed E-state index contributed by atoms with van der Waals surface area (Å²) in [7, 11) is 0. The zero-order chi connectivity index (χ0) is 13.5. The molecule has 19 heavy (non-hydrogen) atoms. The molecule has 1 fully saturated rings. The van der Waals surface area contributed by atoms with E-state index in [1.54, 1.807) is 6.92 Å². The lowest BCUT2D eigenvalue weighted by molar-refractivity contribution is -0.136. The summed E-state index contributed by atoms with van der Waals surface area (Å²) in [6.07, 6.45) is 6.04. The Balaban J connectivity index is 2.05. The van der Waals surface area contributed by atoms with Crippen LogP contribution in [0.5, 0.6) is 0 Å². The van der Waals surface area contributed by atoms with Gasteiger partial charge in [0.2, 0.25) is 5.91 Å². The van der Waals surface area contributed by atoms with E-state index < -0.39 is 0 Å². The number of benzene rings is 1. The van der Waals surface area contributed by atoms with E-state index in [1.165, 1.54) is 36.8 Å². The summed E-state index contributed by atoms with van der Waals surface area (Å²) in [6.45, 7) is 4.86. The number of carbonyl (C=O) groups is 1. The third-order valence-electron chi connectivity index (χ3n) is 5.09. The number of fused-ring (bicyclic) bond motifs is 1. The normalized spacial score (nSPS) is 25.2. The second kappa shape index (κ2) is 4.66. The van der Waals surface area contributed by atoms with Crippen molar-refractivity contribution in [3.8, 4) is 0 Å². The van der Waals surface area contributed by atoms with E-state index in [0.29, 0.717) is 5.92 Å². The molecule has 1 aromatic carbocycles. The smallest absolute Gasteiger partial charge is 0.220 e. The molecule has 3 rings (SSSR count). The molecule has 102 valence electrons. The van der Waals surface area contributed by atoms with Crippen molar-refractivity contribution < 1.29 is 4.79 Å². The Labute approximate surface area is 115 Å². The number of amides is 1. The largest absolute Gasteiger partial charge is 0.333 e. The first-order chi connectivity index (χ1) is 9.12. The summed E-state index contributed by atoms with van der Waals surface area (Å²) < 4.78 is 0. The molecule has 1 aliphatic heterocycles. The number of hydrogen-bond donors (Lipinski definition) is 0. The summed E-state index contributed by atoms with van der Waals surface area (Å²) >= 11 is 0. The molecule has 1 aromatic rings. The van der Waals surface area contributed by atoms with Crippen LogP contribution in [0, 0.1) is 0 Å². The first-order valence-corrected chi connectivity index (χ1v) is 7.48. The third kappa shape index (κ3) is 2.07. The molecular weight excluding hydrogens is 234 g/mol. The predicted octanol–water partition coefficient (Wildman–Crippen LogP) is 3.86. The van der Waals surface area contributed by atoms with E-state index in [-0.39, 0.29) is 11.4 Å². The molecule has 0 saturated heterocycles. The van der Waals surface area contributed by atoms with Crippen molar-refractivity contribution in [1.82, 2.24) is 4.90 Å². The van der Waals surface area contributed by atoms with Crippen LogP contribution in [0.2, 0.25) is 0 Å². The second-order valence-electron chi connectivity index (χ2n) is 6.34. The van der Waals surface area contributed by atoms with Gasteiger partial charge in [-0.3, -0.25) is 4.79 Å². The minimum atomic E-state index is 0.129. The van der Waals surface area contributed by atoms with Crippen LogP contribution in [0.25, 0.3) is 0 Å². The van der Waals surface area contributed by atoms with Gasteiger partial charge in [-0.05, 0) is 36.3 Å². The number of rotatable bonds is 0. The van der Waals surface area contributed by atoms with Gasteiger partial charge in [0.15, 0.2) is 0 Å². The Bertz CT molecular complexity index is 488. The van der Waals surface area contributed by atoms with E-state index in [4.69, 9.17) is 0 Å². The maximum Gasteiger partial charge on any atom is 0.220 e. The molecule has 1 spiro atoms. The van der Waals surface area contributed by atoms with E-state index in [1.807, 2.05) is 0 Å². The molecule has 0 aromatic heterocycles. The maximum absolute atomic E-state index is 12.2. The Morgan fingerprint density at radius 3 is 2.63 bits per heavy atom. The molecule has 1 aliphatic carbocycles. The minimum Gasteiger partial charge on any atom is -0.333 e. The van der Waals surface area contributed by atoms with E-state index in [2.05, 4.69) is 36.1 Å². The molecule has 0 radical (unpaired) electrons. The zero-order valence-corrected chi connectivity index (χ0v) is 12.0. The lowest BCUT2D eigenvalue weighted by Crippen LogP contribution is -2.48. The summed E-state index contributed by atoms with van der Waals surface area (Å²) in [5.74, 6) is 0.796. The van der Waals surface area contributed by atoms with Gasteiger partial charge in [-0.15, -0.1) is 0 Å². The van der Waals surface area contributed by atoms with Gasteiger partial charge in [0.1, 0.15) is 0 Å². The highest BCUT2D eigenvalue weighted by Gasteiger charge is 2.44. The van der Waals surface area contributed by atoms with Crippen molar-refractivity contribution in [2.45, 2.75) is 64.0 Å². The molecule has 2 heteroatoms. The molecule has 0 bridgehead atoms. The van der Waals surface area contributed by atoms with E-state index >= 15 is 0 Å². The van der Waals surface area contributed by atoms with Crippen LogP contribution in [-0.2, 0) is 11.3 Å². The van der Waals surface area contributed by atoms with Crippen LogP contribution in [-0.4, -0.2) is 16.3 Å². The fourth-order valence-electron chi connectivity index (χ4n) is 4.24. The van der Waals surface area contributed by atoms with Crippen LogP contribution < -0.4 is 0 Å². The van der Waals surface area contributed by atoms with Gasteiger partial charge in [0.25, 0.3) is 0 Å². The number of nitrogens with zero attached hydrogens (tertiary/aromatic N) is 1. The SMILES string of the molecule is CC(=O)N1Cc2ccccc2[C@H](C)CC12CCCC2. The Morgan fingerprint density at radius 1 is 1.26 bits per heavy atom. The van der Waals surface area contributed by atoms with Crippen LogP contribution in [0.4, 0.5) is 0 Å². The molecular formula is C17H23NO. The van der Waals surface area contributed by atoms with Gasteiger partial charge >= 0.3 is 0 Å². The molecule has 0 N–H and O–H groups in total. The molecule has 1 saturated carbocycles. The Morgan fingerprint density at radius 2 is 1.95 bits per heavy atom. The molecule has 1 heterocycles. The third-order valence-corrected chi connectivity index (χ3v) is 5.09. The van der Waals surface area contributed by atoms with Crippen molar-refractivity contribution in [3.63, 3.8) is 0 Å². The summed E-state index contributed by atoms with van der Waals surface area (Å²) in [5.41, 5.74) is 2.91. The topological polar surface area (TPSA) is 20.3 Å². The van der Waals surface area contributed by atoms with Crippen LogP contribution in [0.15, 0.2) is 24.3 Å². The van der Waals surface area contributed by atoms with Crippen molar-refractivity contribution in [2.24, 2.45) is 0 Å². The van der Waals surface area contributed by atoms with Gasteiger partial charge < -0.3 is 4.90 Å². The standard InChI is InChI=1S/C17H23NO/c1-13-11-17(9-5-6-10-17)18(14(2)19)12-15-7-3-4-8-16(13)15/h3-4,7-8,13H,5-6,9-12H2,1-2H3/t13-/m1/s1. The summed E-state index contributed by atoms with van der Waals surface area (Å²) in [6, 6.07) is 8.65. The second-order valence-corrected chi connectivity index (χ2v) is 6.34. The first kappa shape index (κ1) is 12.7. The van der Waals surface area contributed by atoms with Crippen LogP contribution in [0.3, 0.4) is 0 Å². The van der Waals surface area contributed by atoms with Crippen molar-refractivity contribution in [2.75, 3.05) is 0 Å². The fraction of sp³-hybridized carbons (Fsp3) is 0.588. The molecule has 2 nitrogen and oxygen atoms in total. The first-order valence-electron chi connectivity index (χ1n) is 7.48. The lowest BCUT2D eigenvalue weighted by Gasteiger charge is -2.40. The summed E-state index contributed by atoms with van der Waals surface area (Å²) in [5, 5.41) is 0. The Hall–Kier alpha value is -1.31. The Kier molecular flexibility index (Phi) is 3.12. The van der Waals surface area contributed by atoms with Gasteiger partial charge in [-0.1, -0.05) is 44.0 Å². The highest BCUT2D eigenvalue weighted by atomic mass is 16.2. The molecule has 1 atom stereocenters. The average Bonchev–Trinajstić information content (AvgIpc) is 2.80. The monoisotopic (exact) mass is 257 g/mol. The van der Waals surface area contributed by atoms with Crippen molar-refractivity contribution >= 4 is 5.91 Å². The number of carbonyl (C=O) groups excluding carboxylic acids is 1. The highest BCUT2D eigenvalue weighted by Crippen LogP contribution is 2.46. The quantitative estimate of drug-likeness (QED) is 0.691. The maximum atomic E-state index is 12.2. The van der Waals surface area contributed by atoms with Gasteiger partial charge in [0, 0.05) is 19.0 Å². The van der Waals surface area contributed by atoms with Gasteiger partial charge in [-0.25, -0.2) is 0 Å². The average molecular weight is 257 g/mol. The molecule has 2 aliphatic rings. The van der Waals surface area contributed by atoms with Gasteiger partial charge in [-0.2, -0.15) is 0 Å². The summed E-state index contributed by atoms with van der Waals surface area (Å²) in [4.78, 5) is 14.3.